The van der Waals surface area contributed by atoms with Crippen LogP contribution in [0.5, 0.6) is 0 Å². The highest BCUT2D eigenvalue weighted by Gasteiger charge is 2.20. The zero-order chi connectivity index (χ0) is 14.9. The van der Waals surface area contributed by atoms with Crippen LogP contribution in [-0.2, 0) is 13.5 Å². The Morgan fingerprint density at radius 3 is 2.40 bits per heavy atom. The lowest BCUT2D eigenvalue weighted by Crippen LogP contribution is -2.06. The van der Waals surface area contributed by atoms with Crippen LogP contribution in [0.4, 0.5) is 0 Å². The molecule has 2 aromatic rings. The molecule has 20 heavy (non-hydrogen) atoms. The smallest absolute Gasteiger partial charge is 0.354 e. The normalized spacial score (nSPS) is 11.1. The monoisotopic (exact) mass is 272 g/mol. The summed E-state index contributed by atoms with van der Waals surface area (Å²) in [6.45, 7) is 6.20. The average molecular weight is 272 g/mol. The molecule has 0 radical (unpaired) electrons. The van der Waals surface area contributed by atoms with E-state index < -0.39 is 5.97 Å². The van der Waals surface area contributed by atoms with Gasteiger partial charge in [0.25, 0.3) is 0 Å². The molecular weight excluding hydrogens is 252 g/mol. The number of aromatic nitrogens is 2. The van der Waals surface area contributed by atoms with E-state index in [2.05, 4.69) is 31.1 Å². The van der Waals surface area contributed by atoms with Crippen LogP contribution >= 0.6 is 0 Å². The molecule has 0 unspecified atom stereocenters. The van der Waals surface area contributed by atoms with Gasteiger partial charge < -0.3 is 5.11 Å². The summed E-state index contributed by atoms with van der Waals surface area (Å²) in [5, 5.41) is 13.5. The number of benzene rings is 1. The molecule has 0 bridgehead atoms. The first-order valence-electron chi connectivity index (χ1n) is 6.76. The van der Waals surface area contributed by atoms with Crippen LogP contribution in [0, 0.1) is 12.8 Å². The Labute approximate surface area is 119 Å². The van der Waals surface area contributed by atoms with Gasteiger partial charge in [-0.05, 0) is 30.4 Å². The lowest BCUT2D eigenvalue weighted by Gasteiger charge is -2.07. The maximum atomic E-state index is 11.4. The van der Waals surface area contributed by atoms with Gasteiger partial charge in [0, 0.05) is 12.6 Å². The van der Waals surface area contributed by atoms with E-state index in [-0.39, 0.29) is 5.69 Å². The number of carboxylic acids is 1. The van der Waals surface area contributed by atoms with Crippen molar-refractivity contribution in [2.45, 2.75) is 27.2 Å². The fourth-order valence-electron chi connectivity index (χ4n) is 2.53. The first kappa shape index (κ1) is 14.3. The van der Waals surface area contributed by atoms with Crippen molar-refractivity contribution in [2.24, 2.45) is 13.0 Å². The van der Waals surface area contributed by atoms with Crippen molar-refractivity contribution >= 4 is 5.97 Å². The number of aryl methyl sites for hydroxylation is 2. The SMILES string of the molecule is Cc1nn(C)c(C(=O)O)c1-c1ccc(CC(C)C)cc1. The van der Waals surface area contributed by atoms with E-state index in [1.165, 1.54) is 10.2 Å². The first-order valence-corrected chi connectivity index (χ1v) is 6.76. The van der Waals surface area contributed by atoms with Gasteiger partial charge in [-0.25, -0.2) is 4.79 Å². The van der Waals surface area contributed by atoms with Gasteiger partial charge in [0.15, 0.2) is 5.69 Å². The Morgan fingerprint density at radius 2 is 1.90 bits per heavy atom. The molecule has 0 aliphatic carbocycles. The van der Waals surface area contributed by atoms with E-state index in [1.54, 1.807) is 7.05 Å². The van der Waals surface area contributed by atoms with Crippen molar-refractivity contribution in [1.29, 1.82) is 0 Å². The Morgan fingerprint density at radius 1 is 1.30 bits per heavy atom. The van der Waals surface area contributed by atoms with Crippen LogP contribution < -0.4 is 0 Å². The Bertz CT molecular complexity index is 625. The standard InChI is InChI=1S/C16H20N2O2/c1-10(2)9-12-5-7-13(8-6-12)14-11(3)17-18(4)15(14)16(19)20/h5-8,10H,9H2,1-4H3,(H,19,20). The summed E-state index contributed by atoms with van der Waals surface area (Å²) in [6, 6.07) is 8.09. The number of aromatic carboxylic acids is 1. The molecule has 0 spiro atoms. The summed E-state index contributed by atoms with van der Waals surface area (Å²) in [6.07, 6.45) is 1.03. The van der Waals surface area contributed by atoms with Gasteiger partial charge in [0.05, 0.1) is 5.69 Å². The molecule has 0 atom stereocenters. The van der Waals surface area contributed by atoms with Gasteiger partial charge >= 0.3 is 5.97 Å². The van der Waals surface area contributed by atoms with Crippen LogP contribution in [0.25, 0.3) is 11.1 Å². The van der Waals surface area contributed by atoms with E-state index in [0.717, 1.165) is 17.7 Å². The minimum atomic E-state index is -0.950. The maximum Gasteiger partial charge on any atom is 0.354 e. The first-order chi connectivity index (χ1) is 9.40. The molecule has 4 nitrogen and oxygen atoms in total. The number of carboxylic acid groups (broad SMARTS) is 1. The van der Waals surface area contributed by atoms with E-state index in [1.807, 2.05) is 19.1 Å². The highest BCUT2D eigenvalue weighted by atomic mass is 16.4. The Hall–Kier alpha value is -2.10. The third kappa shape index (κ3) is 2.74. The summed E-state index contributed by atoms with van der Waals surface area (Å²) < 4.78 is 1.43. The molecule has 0 amide bonds. The van der Waals surface area contributed by atoms with Gasteiger partial charge in [-0.2, -0.15) is 5.10 Å². The van der Waals surface area contributed by atoms with Crippen molar-refractivity contribution < 1.29 is 9.90 Å². The summed E-state index contributed by atoms with van der Waals surface area (Å²) in [4.78, 5) is 11.4. The molecule has 1 N–H and O–H groups in total. The van der Waals surface area contributed by atoms with E-state index >= 15 is 0 Å². The fourth-order valence-corrected chi connectivity index (χ4v) is 2.53. The molecule has 0 aliphatic heterocycles. The molecule has 2 rings (SSSR count). The molecule has 0 saturated carbocycles. The Kier molecular flexibility index (Phi) is 3.93. The minimum absolute atomic E-state index is 0.235. The van der Waals surface area contributed by atoms with Crippen molar-refractivity contribution in [1.82, 2.24) is 9.78 Å². The van der Waals surface area contributed by atoms with Gasteiger partial charge in [-0.15, -0.1) is 0 Å². The molecular formula is C16H20N2O2. The minimum Gasteiger partial charge on any atom is -0.477 e. The van der Waals surface area contributed by atoms with Crippen LogP contribution in [-0.4, -0.2) is 20.9 Å². The largest absolute Gasteiger partial charge is 0.477 e. The van der Waals surface area contributed by atoms with Crippen LogP contribution in [0.15, 0.2) is 24.3 Å². The second-order valence-electron chi connectivity index (χ2n) is 5.53. The highest BCUT2D eigenvalue weighted by Crippen LogP contribution is 2.27. The molecule has 0 fully saturated rings. The summed E-state index contributed by atoms with van der Waals surface area (Å²) in [7, 11) is 1.66. The van der Waals surface area contributed by atoms with E-state index in [9.17, 15) is 9.90 Å². The number of hydrogen-bond acceptors (Lipinski definition) is 2. The quantitative estimate of drug-likeness (QED) is 0.929. The number of nitrogens with zero attached hydrogens (tertiary/aromatic N) is 2. The third-order valence-corrected chi connectivity index (χ3v) is 3.31. The molecule has 1 aromatic heterocycles. The molecule has 1 heterocycles. The molecule has 106 valence electrons. The second-order valence-corrected chi connectivity index (χ2v) is 5.53. The average Bonchev–Trinajstić information content (AvgIpc) is 2.64. The van der Waals surface area contributed by atoms with Crippen molar-refractivity contribution in [3.63, 3.8) is 0 Å². The van der Waals surface area contributed by atoms with Crippen LogP contribution in [0.1, 0.15) is 35.6 Å². The number of carbonyl (C=O) groups is 1. The van der Waals surface area contributed by atoms with Crippen molar-refractivity contribution in [2.75, 3.05) is 0 Å². The van der Waals surface area contributed by atoms with Crippen molar-refractivity contribution in [3.8, 4) is 11.1 Å². The van der Waals surface area contributed by atoms with Gasteiger partial charge in [-0.1, -0.05) is 38.1 Å². The molecule has 0 aliphatic rings. The fraction of sp³-hybridized carbons (Fsp3) is 0.375. The lowest BCUT2D eigenvalue weighted by molar-refractivity contribution is 0.0686. The maximum absolute atomic E-state index is 11.4. The number of rotatable bonds is 4. The van der Waals surface area contributed by atoms with Gasteiger partial charge in [-0.3, -0.25) is 4.68 Å². The summed E-state index contributed by atoms with van der Waals surface area (Å²) in [5.74, 6) is -0.343. The number of hydrogen-bond donors (Lipinski definition) is 1. The molecule has 0 saturated heterocycles. The van der Waals surface area contributed by atoms with Crippen molar-refractivity contribution in [3.05, 3.63) is 41.2 Å². The predicted molar refractivity (Wildman–Crippen MR) is 78.9 cm³/mol. The molecule has 1 aromatic carbocycles. The predicted octanol–water partition coefficient (Wildman–Crippen LogP) is 3.29. The second kappa shape index (κ2) is 5.49. The topological polar surface area (TPSA) is 55.1 Å². The van der Waals surface area contributed by atoms with Gasteiger partial charge in [0.1, 0.15) is 0 Å². The zero-order valence-electron chi connectivity index (χ0n) is 12.3. The third-order valence-electron chi connectivity index (χ3n) is 3.31. The van der Waals surface area contributed by atoms with Crippen LogP contribution in [0.3, 0.4) is 0 Å². The van der Waals surface area contributed by atoms with Crippen LogP contribution in [0.2, 0.25) is 0 Å². The van der Waals surface area contributed by atoms with E-state index in [0.29, 0.717) is 11.5 Å². The lowest BCUT2D eigenvalue weighted by atomic mass is 9.98. The highest BCUT2D eigenvalue weighted by molar-refractivity contribution is 5.95. The Balaban J connectivity index is 2.44. The summed E-state index contributed by atoms with van der Waals surface area (Å²) >= 11 is 0. The zero-order valence-corrected chi connectivity index (χ0v) is 12.3. The molecule has 4 heteroatoms. The van der Waals surface area contributed by atoms with Gasteiger partial charge in [0.2, 0.25) is 0 Å². The summed E-state index contributed by atoms with van der Waals surface area (Å²) in [5.41, 5.74) is 3.85. The van der Waals surface area contributed by atoms with E-state index in [4.69, 9.17) is 0 Å².